The highest BCUT2D eigenvalue weighted by Gasteiger charge is 2.33. The van der Waals surface area contributed by atoms with Gasteiger partial charge < -0.3 is 15.0 Å². The highest BCUT2D eigenvalue weighted by atomic mass is 16.5. The second kappa shape index (κ2) is 6.39. The topological polar surface area (TPSA) is 71.8 Å². The van der Waals surface area contributed by atoms with Crippen molar-refractivity contribution in [3.8, 4) is 0 Å². The molecular formula is C17H25N5O2. The van der Waals surface area contributed by atoms with Gasteiger partial charge in [-0.15, -0.1) is 10.2 Å². The fraction of sp³-hybridized carbons (Fsp3) is 0.588. The monoisotopic (exact) mass is 331 g/mol. The molecule has 7 heteroatoms. The van der Waals surface area contributed by atoms with Crippen LogP contribution >= 0.6 is 0 Å². The maximum absolute atomic E-state index is 12.6. The molecule has 0 bridgehead atoms. The fourth-order valence-corrected chi connectivity index (χ4v) is 3.12. The van der Waals surface area contributed by atoms with Gasteiger partial charge in [0, 0.05) is 25.8 Å². The third kappa shape index (κ3) is 3.21. The van der Waals surface area contributed by atoms with E-state index in [-0.39, 0.29) is 17.6 Å². The molecule has 1 aliphatic heterocycles. The number of aromatic nitrogens is 3. The minimum Gasteiger partial charge on any atom is -0.377 e. The summed E-state index contributed by atoms with van der Waals surface area (Å²) in [7, 11) is 1.70. The summed E-state index contributed by atoms with van der Waals surface area (Å²) in [5.41, 5.74) is 1.25. The van der Waals surface area contributed by atoms with E-state index in [1.54, 1.807) is 7.11 Å². The summed E-state index contributed by atoms with van der Waals surface area (Å²) in [5, 5.41) is 11.3. The number of ether oxygens (including phenoxy) is 1. The number of amides is 2. The Bertz CT molecular complexity index is 742. The van der Waals surface area contributed by atoms with Crippen LogP contribution in [0.15, 0.2) is 18.3 Å². The number of nitrogens with zero attached hydrogens (tertiary/aromatic N) is 4. The number of hydrogen-bond donors (Lipinski definition) is 1. The minimum absolute atomic E-state index is 0.100. The number of methoxy groups -OCH3 is 1. The van der Waals surface area contributed by atoms with Crippen molar-refractivity contribution < 1.29 is 9.53 Å². The van der Waals surface area contributed by atoms with E-state index in [9.17, 15) is 4.79 Å². The summed E-state index contributed by atoms with van der Waals surface area (Å²) in [6, 6.07) is 3.62. The molecule has 2 aromatic heterocycles. The molecule has 0 aromatic carbocycles. The lowest BCUT2D eigenvalue weighted by Gasteiger charge is -2.39. The van der Waals surface area contributed by atoms with Crippen LogP contribution in [0, 0.1) is 0 Å². The van der Waals surface area contributed by atoms with Gasteiger partial charge in [-0.1, -0.05) is 13.8 Å². The van der Waals surface area contributed by atoms with Gasteiger partial charge in [-0.05, 0) is 31.9 Å². The normalized spacial score (nSPS) is 21.5. The van der Waals surface area contributed by atoms with E-state index in [1.165, 1.54) is 0 Å². The number of carbonyl (C=O) groups excluding carboxylic acids is 1. The first-order valence-corrected chi connectivity index (χ1v) is 8.38. The fourth-order valence-electron chi connectivity index (χ4n) is 3.12. The summed E-state index contributed by atoms with van der Waals surface area (Å²) in [6.07, 6.45) is 3.79. The summed E-state index contributed by atoms with van der Waals surface area (Å²) in [4.78, 5) is 14.4. The molecule has 1 aliphatic rings. The van der Waals surface area contributed by atoms with Gasteiger partial charge in [-0.3, -0.25) is 4.40 Å². The lowest BCUT2D eigenvalue weighted by Crippen LogP contribution is -2.50. The summed E-state index contributed by atoms with van der Waals surface area (Å²) < 4.78 is 7.48. The van der Waals surface area contributed by atoms with Crippen molar-refractivity contribution in [3.63, 3.8) is 0 Å². The maximum atomic E-state index is 12.6. The van der Waals surface area contributed by atoms with Crippen molar-refractivity contribution >= 4 is 17.4 Å². The van der Waals surface area contributed by atoms with Gasteiger partial charge in [0.25, 0.3) is 0 Å². The van der Waals surface area contributed by atoms with Crippen molar-refractivity contribution in [2.45, 2.75) is 45.1 Å². The number of urea groups is 1. The lowest BCUT2D eigenvalue weighted by atomic mass is 9.95. The quantitative estimate of drug-likeness (QED) is 0.939. The number of fused-ring (bicyclic) bond motifs is 1. The van der Waals surface area contributed by atoms with Crippen LogP contribution in [0.2, 0.25) is 0 Å². The van der Waals surface area contributed by atoms with Crippen LogP contribution in [-0.4, -0.2) is 51.3 Å². The van der Waals surface area contributed by atoms with Crippen molar-refractivity contribution in [2.24, 2.45) is 0 Å². The van der Waals surface area contributed by atoms with E-state index in [4.69, 9.17) is 4.74 Å². The number of carbonyl (C=O) groups is 1. The predicted octanol–water partition coefficient (Wildman–Crippen LogP) is 2.89. The van der Waals surface area contributed by atoms with E-state index >= 15 is 0 Å². The molecule has 7 nitrogen and oxygen atoms in total. The molecule has 2 aromatic rings. The molecule has 0 radical (unpaired) electrons. The lowest BCUT2D eigenvalue weighted by molar-refractivity contribution is -0.0389. The van der Waals surface area contributed by atoms with Crippen LogP contribution in [-0.2, 0) is 4.74 Å². The molecule has 3 rings (SSSR count). The zero-order chi connectivity index (χ0) is 17.3. The van der Waals surface area contributed by atoms with Gasteiger partial charge in [0.1, 0.15) is 5.82 Å². The Hall–Kier alpha value is -2.15. The molecule has 0 aliphatic carbocycles. The van der Waals surface area contributed by atoms with Crippen LogP contribution < -0.4 is 5.32 Å². The summed E-state index contributed by atoms with van der Waals surface area (Å²) in [5.74, 6) is 1.14. The van der Waals surface area contributed by atoms with Crippen LogP contribution in [0.1, 0.15) is 45.4 Å². The van der Waals surface area contributed by atoms with Gasteiger partial charge in [0.15, 0.2) is 5.65 Å². The third-order valence-corrected chi connectivity index (χ3v) is 4.64. The van der Waals surface area contributed by atoms with Gasteiger partial charge in [-0.25, -0.2) is 4.79 Å². The second-order valence-corrected chi connectivity index (χ2v) is 6.97. The highest BCUT2D eigenvalue weighted by molar-refractivity contribution is 5.89. The molecule has 130 valence electrons. The third-order valence-electron chi connectivity index (χ3n) is 4.64. The Morgan fingerprint density at radius 1 is 1.38 bits per heavy atom. The number of likely N-dealkylation sites (tertiary alicyclic amines) is 1. The van der Waals surface area contributed by atoms with Crippen molar-refractivity contribution in [1.29, 1.82) is 0 Å². The first-order valence-electron chi connectivity index (χ1n) is 8.38. The van der Waals surface area contributed by atoms with E-state index < -0.39 is 0 Å². The molecule has 1 unspecified atom stereocenters. The molecule has 1 fully saturated rings. The van der Waals surface area contributed by atoms with E-state index in [2.05, 4.69) is 29.4 Å². The summed E-state index contributed by atoms with van der Waals surface area (Å²) >= 11 is 0. The molecule has 0 spiro atoms. The molecule has 3 heterocycles. The first-order chi connectivity index (χ1) is 11.4. The number of nitrogens with one attached hydrogen (secondary N) is 1. The van der Waals surface area contributed by atoms with Crippen molar-refractivity contribution in [2.75, 3.05) is 25.5 Å². The van der Waals surface area contributed by atoms with Crippen LogP contribution in [0.25, 0.3) is 5.65 Å². The highest BCUT2D eigenvalue weighted by Crippen LogP contribution is 2.24. The minimum atomic E-state index is -0.265. The van der Waals surface area contributed by atoms with E-state index in [1.807, 2.05) is 34.6 Å². The van der Waals surface area contributed by atoms with E-state index in [0.29, 0.717) is 6.54 Å². The standard InChI is InChI=1S/C17H25N5O2/c1-12(2)15-20-19-14-7-6-13(10-22(14)15)18-16(23)21-9-5-8-17(3,11-21)24-4/h6-7,10,12H,5,8-9,11H2,1-4H3,(H,18,23). The van der Waals surface area contributed by atoms with Gasteiger partial charge in [-0.2, -0.15) is 0 Å². The predicted molar refractivity (Wildman–Crippen MR) is 92.3 cm³/mol. The molecule has 1 saturated heterocycles. The Labute approximate surface area is 142 Å². The Morgan fingerprint density at radius 3 is 2.88 bits per heavy atom. The SMILES string of the molecule is COC1(C)CCCN(C(=O)Nc2ccc3nnc(C(C)C)n3c2)C1. The van der Waals surface area contributed by atoms with Crippen LogP contribution in [0.4, 0.5) is 10.5 Å². The second-order valence-electron chi connectivity index (χ2n) is 6.97. The molecule has 1 atom stereocenters. The van der Waals surface area contributed by atoms with E-state index in [0.717, 1.165) is 36.5 Å². The Balaban J connectivity index is 1.77. The van der Waals surface area contributed by atoms with Gasteiger partial charge in [0.05, 0.1) is 17.8 Å². The van der Waals surface area contributed by atoms with Crippen LogP contribution in [0.5, 0.6) is 0 Å². The molecule has 0 saturated carbocycles. The average Bonchev–Trinajstić information content (AvgIpc) is 2.98. The average molecular weight is 331 g/mol. The number of anilines is 1. The molecular weight excluding hydrogens is 306 g/mol. The van der Waals surface area contributed by atoms with Gasteiger partial charge >= 0.3 is 6.03 Å². The van der Waals surface area contributed by atoms with Crippen LogP contribution in [0.3, 0.4) is 0 Å². The smallest absolute Gasteiger partial charge is 0.321 e. The van der Waals surface area contributed by atoms with Crippen molar-refractivity contribution in [1.82, 2.24) is 19.5 Å². The molecule has 24 heavy (non-hydrogen) atoms. The summed E-state index contributed by atoms with van der Waals surface area (Å²) in [6.45, 7) is 7.53. The number of rotatable bonds is 3. The molecule has 2 amide bonds. The molecule has 1 N–H and O–H groups in total. The van der Waals surface area contributed by atoms with Gasteiger partial charge in [0.2, 0.25) is 0 Å². The zero-order valence-electron chi connectivity index (χ0n) is 14.7. The van der Waals surface area contributed by atoms with Crippen molar-refractivity contribution in [3.05, 3.63) is 24.2 Å². The largest absolute Gasteiger partial charge is 0.377 e. The maximum Gasteiger partial charge on any atom is 0.321 e. The zero-order valence-corrected chi connectivity index (χ0v) is 14.7. The first kappa shape index (κ1) is 16.7. The number of hydrogen-bond acceptors (Lipinski definition) is 4. The Kier molecular flexibility index (Phi) is 4.45. The number of pyridine rings is 1. The number of piperidine rings is 1. The Morgan fingerprint density at radius 2 is 2.17 bits per heavy atom.